The molecule has 0 atom stereocenters. The first-order valence-electron chi connectivity index (χ1n) is 8.14. The monoisotopic (exact) mass is 306 g/mol. The van der Waals surface area contributed by atoms with Gasteiger partial charge in [0.05, 0.1) is 11.4 Å². The van der Waals surface area contributed by atoms with Crippen molar-refractivity contribution in [2.24, 2.45) is 0 Å². The zero-order chi connectivity index (χ0) is 16.2. The summed E-state index contributed by atoms with van der Waals surface area (Å²) in [6, 6.07) is 18.3. The minimum Gasteiger partial charge on any atom is -0.492 e. The molecule has 118 valence electrons. The summed E-state index contributed by atoms with van der Waals surface area (Å²) in [5.41, 5.74) is 5.17. The standard InChI is InChI=1S/C20H22N2O/c1-3-4-13-18-19(16-10-8-9-15(2)14-16)22(21-20(18)23)17-11-6-5-7-12-17/h5-12,14H,3-4,13H2,1-2H3,(H,21,23). The molecule has 0 radical (unpaired) electrons. The van der Waals surface area contributed by atoms with Crippen LogP contribution in [0.25, 0.3) is 16.9 Å². The Morgan fingerprint density at radius 1 is 1.04 bits per heavy atom. The molecular weight excluding hydrogens is 284 g/mol. The Hall–Kier alpha value is -2.55. The van der Waals surface area contributed by atoms with Crippen LogP contribution in [-0.2, 0) is 6.42 Å². The maximum Gasteiger partial charge on any atom is 0.234 e. The molecule has 0 aliphatic carbocycles. The third-order valence-electron chi connectivity index (χ3n) is 4.03. The van der Waals surface area contributed by atoms with Gasteiger partial charge in [-0.3, -0.25) is 0 Å². The van der Waals surface area contributed by atoms with E-state index in [4.69, 9.17) is 0 Å². The van der Waals surface area contributed by atoms with E-state index in [0.29, 0.717) is 0 Å². The van der Waals surface area contributed by atoms with Crippen molar-refractivity contribution >= 4 is 0 Å². The van der Waals surface area contributed by atoms with Crippen LogP contribution in [0.4, 0.5) is 0 Å². The molecule has 1 N–H and O–H groups in total. The molecule has 0 amide bonds. The number of unbranched alkanes of at least 4 members (excludes halogenated alkanes) is 1. The van der Waals surface area contributed by atoms with Gasteiger partial charge in [0.2, 0.25) is 5.88 Å². The highest BCUT2D eigenvalue weighted by Crippen LogP contribution is 2.33. The largest absolute Gasteiger partial charge is 0.492 e. The van der Waals surface area contributed by atoms with Crippen LogP contribution in [0, 0.1) is 6.92 Å². The molecule has 3 rings (SSSR count). The first-order chi connectivity index (χ1) is 11.2. The predicted octanol–water partition coefficient (Wildman–Crippen LogP) is 4.90. The molecule has 1 heterocycles. The van der Waals surface area contributed by atoms with E-state index in [1.807, 2.05) is 41.1 Å². The van der Waals surface area contributed by atoms with Crippen LogP contribution in [0.1, 0.15) is 30.9 Å². The van der Waals surface area contributed by atoms with E-state index < -0.39 is 0 Å². The van der Waals surface area contributed by atoms with Crippen LogP contribution < -0.4 is 0 Å². The van der Waals surface area contributed by atoms with Crippen molar-refractivity contribution in [1.82, 2.24) is 9.78 Å². The summed E-state index contributed by atoms with van der Waals surface area (Å²) in [6.45, 7) is 4.24. The van der Waals surface area contributed by atoms with Crippen molar-refractivity contribution in [3.63, 3.8) is 0 Å². The Bertz CT molecular complexity index is 791. The van der Waals surface area contributed by atoms with Crippen LogP contribution in [-0.4, -0.2) is 14.9 Å². The van der Waals surface area contributed by atoms with Gasteiger partial charge in [-0.1, -0.05) is 55.3 Å². The number of hydrogen-bond acceptors (Lipinski definition) is 2. The fourth-order valence-electron chi connectivity index (χ4n) is 2.87. The maximum atomic E-state index is 10.4. The first kappa shape index (κ1) is 15.3. The number of aryl methyl sites for hydroxylation is 1. The average molecular weight is 306 g/mol. The predicted molar refractivity (Wildman–Crippen MR) is 94.0 cm³/mol. The van der Waals surface area contributed by atoms with E-state index >= 15 is 0 Å². The quantitative estimate of drug-likeness (QED) is 0.728. The second-order valence-electron chi connectivity index (χ2n) is 5.87. The molecule has 0 aliphatic heterocycles. The normalized spacial score (nSPS) is 10.9. The van der Waals surface area contributed by atoms with E-state index in [0.717, 1.165) is 41.8 Å². The number of nitrogens with zero attached hydrogens (tertiary/aromatic N) is 2. The van der Waals surface area contributed by atoms with Gasteiger partial charge in [-0.2, -0.15) is 0 Å². The van der Waals surface area contributed by atoms with Crippen LogP contribution in [0.5, 0.6) is 5.88 Å². The zero-order valence-corrected chi connectivity index (χ0v) is 13.7. The van der Waals surface area contributed by atoms with Crippen molar-refractivity contribution in [2.75, 3.05) is 0 Å². The summed E-state index contributed by atoms with van der Waals surface area (Å²) in [5, 5.41) is 14.8. The highest BCUT2D eigenvalue weighted by atomic mass is 16.3. The zero-order valence-electron chi connectivity index (χ0n) is 13.7. The van der Waals surface area contributed by atoms with Crippen LogP contribution in [0.2, 0.25) is 0 Å². The van der Waals surface area contributed by atoms with E-state index in [-0.39, 0.29) is 5.88 Å². The average Bonchev–Trinajstić information content (AvgIpc) is 2.90. The number of para-hydroxylation sites is 1. The number of aromatic nitrogens is 2. The van der Waals surface area contributed by atoms with E-state index in [2.05, 4.69) is 37.1 Å². The molecule has 0 aliphatic rings. The van der Waals surface area contributed by atoms with Gasteiger partial charge in [-0.15, -0.1) is 5.10 Å². The van der Waals surface area contributed by atoms with E-state index in [1.54, 1.807) is 0 Å². The van der Waals surface area contributed by atoms with Gasteiger partial charge in [0.1, 0.15) is 0 Å². The van der Waals surface area contributed by atoms with Crippen molar-refractivity contribution < 1.29 is 5.11 Å². The molecule has 0 saturated carbocycles. The summed E-state index contributed by atoms with van der Waals surface area (Å²) in [5.74, 6) is 0.138. The molecule has 0 saturated heterocycles. The summed E-state index contributed by atoms with van der Waals surface area (Å²) in [4.78, 5) is 0. The Morgan fingerprint density at radius 3 is 2.52 bits per heavy atom. The van der Waals surface area contributed by atoms with Crippen LogP contribution >= 0.6 is 0 Å². The summed E-state index contributed by atoms with van der Waals surface area (Å²) in [7, 11) is 0. The lowest BCUT2D eigenvalue weighted by Crippen LogP contribution is -2.00. The van der Waals surface area contributed by atoms with Gasteiger partial charge >= 0.3 is 0 Å². The molecule has 23 heavy (non-hydrogen) atoms. The minimum absolute atomic E-state index is 0.138. The third kappa shape index (κ3) is 3.14. The second-order valence-corrected chi connectivity index (χ2v) is 5.87. The van der Waals surface area contributed by atoms with E-state index in [9.17, 15) is 5.11 Å². The molecule has 0 bridgehead atoms. The Morgan fingerprint density at radius 2 is 1.83 bits per heavy atom. The Balaban J connectivity index is 2.20. The topological polar surface area (TPSA) is 38.1 Å². The second kappa shape index (κ2) is 6.69. The Kier molecular flexibility index (Phi) is 4.47. The minimum atomic E-state index is 0.138. The molecule has 0 spiro atoms. The van der Waals surface area contributed by atoms with Gasteiger partial charge < -0.3 is 5.11 Å². The fraction of sp³-hybridized carbons (Fsp3) is 0.250. The molecule has 3 nitrogen and oxygen atoms in total. The Labute approximate surface area is 137 Å². The molecule has 3 aromatic rings. The molecule has 0 fully saturated rings. The SMILES string of the molecule is CCCCc1c(O)nn(-c2ccccc2)c1-c1cccc(C)c1. The molecule has 2 aromatic carbocycles. The molecule has 0 unspecified atom stereocenters. The maximum absolute atomic E-state index is 10.4. The van der Waals surface area contributed by atoms with Gasteiger partial charge in [0, 0.05) is 11.1 Å². The number of hydrogen-bond donors (Lipinski definition) is 1. The lowest BCUT2D eigenvalue weighted by atomic mass is 10.0. The fourth-order valence-corrected chi connectivity index (χ4v) is 2.87. The van der Waals surface area contributed by atoms with Gasteiger partial charge in [-0.25, -0.2) is 4.68 Å². The summed E-state index contributed by atoms with van der Waals surface area (Å²) < 4.78 is 1.86. The van der Waals surface area contributed by atoms with Gasteiger partial charge in [-0.05, 0) is 38.0 Å². The lowest BCUT2D eigenvalue weighted by molar-refractivity contribution is 0.441. The number of aromatic hydroxyl groups is 1. The smallest absolute Gasteiger partial charge is 0.234 e. The van der Waals surface area contributed by atoms with Crippen molar-refractivity contribution in [2.45, 2.75) is 33.1 Å². The first-order valence-corrected chi connectivity index (χ1v) is 8.14. The summed E-state index contributed by atoms with van der Waals surface area (Å²) >= 11 is 0. The van der Waals surface area contributed by atoms with Crippen molar-refractivity contribution in [3.05, 3.63) is 65.7 Å². The highest BCUT2D eigenvalue weighted by molar-refractivity contribution is 5.68. The molecule has 3 heteroatoms. The number of rotatable bonds is 5. The van der Waals surface area contributed by atoms with Crippen molar-refractivity contribution in [3.8, 4) is 22.8 Å². The summed E-state index contributed by atoms with van der Waals surface area (Å²) in [6.07, 6.45) is 2.95. The van der Waals surface area contributed by atoms with Crippen LogP contribution in [0.15, 0.2) is 54.6 Å². The molecular formula is C20H22N2O. The highest BCUT2D eigenvalue weighted by Gasteiger charge is 2.19. The number of benzene rings is 2. The van der Waals surface area contributed by atoms with Gasteiger partial charge in [0.15, 0.2) is 0 Å². The molecule has 1 aromatic heterocycles. The van der Waals surface area contributed by atoms with Gasteiger partial charge in [0.25, 0.3) is 0 Å². The van der Waals surface area contributed by atoms with Crippen molar-refractivity contribution in [1.29, 1.82) is 0 Å². The van der Waals surface area contributed by atoms with Crippen LogP contribution in [0.3, 0.4) is 0 Å². The lowest BCUT2D eigenvalue weighted by Gasteiger charge is -2.10. The van der Waals surface area contributed by atoms with E-state index in [1.165, 1.54) is 5.56 Å². The third-order valence-corrected chi connectivity index (χ3v) is 4.03.